The van der Waals surface area contributed by atoms with Crippen LogP contribution in [0.2, 0.25) is 0 Å². The maximum atomic E-state index is 10.6. The first-order chi connectivity index (χ1) is 5.41. The van der Waals surface area contributed by atoms with Crippen molar-refractivity contribution in [2.24, 2.45) is 0 Å². The first kappa shape index (κ1) is 12.9. The fourth-order valence-corrected chi connectivity index (χ4v) is 1.63. The van der Waals surface area contributed by atoms with Crippen molar-refractivity contribution in [3.8, 4) is 5.75 Å². The van der Waals surface area contributed by atoms with E-state index in [1.807, 2.05) is 0 Å². The number of hydrogen-bond donors (Lipinski definition) is 2. The molecule has 0 radical (unpaired) electrons. The van der Waals surface area contributed by atoms with Crippen molar-refractivity contribution in [2.75, 3.05) is 0 Å². The Morgan fingerprint density at radius 2 is 1.85 bits per heavy atom. The summed E-state index contributed by atoms with van der Waals surface area (Å²) in [5.41, 5.74) is 0.317. The van der Waals surface area contributed by atoms with Crippen LogP contribution in [0, 0.1) is 6.92 Å². The van der Waals surface area contributed by atoms with Gasteiger partial charge in [0.15, 0.2) is 0 Å². The van der Waals surface area contributed by atoms with Gasteiger partial charge in [-0.3, -0.25) is 4.55 Å². The van der Waals surface area contributed by atoms with Gasteiger partial charge in [0, 0.05) is 0 Å². The van der Waals surface area contributed by atoms with E-state index in [-0.39, 0.29) is 40.2 Å². The Morgan fingerprint density at radius 3 is 2.23 bits per heavy atom. The van der Waals surface area contributed by atoms with E-state index in [2.05, 4.69) is 0 Å². The summed E-state index contributed by atoms with van der Waals surface area (Å²) < 4.78 is 29.9. The fraction of sp³-hybridized carbons (Fsp3) is 0.143. The van der Waals surface area contributed by atoms with Crippen molar-refractivity contribution in [1.82, 2.24) is 0 Å². The molecule has 0 fully saturated rings. The molecule has 13 heavy (non-hydrogen) atoms. The summed E-state index contributed by atoms with van der Waals surface area (Å²) in [5.74, 6) is -0.0279. The third-order valence-electron chi connectivity index (χ3n) is 1.44. The third-order valence-corrected chi connectivity index (χ3v) is 2.45. The first-order valence-electron chi connectivity index (χ1n) is 3.18. The van der Waals surface area contributed by atoms with Crippen molar-refractivity contribution in [1.29, 1.82) is 0 Å². The Balaban J connectivity index is 0.00000144. The Labute approximate surface area is 98.6 Å². The Bertz CT molecular complexity index is 399. The van der Waals surface area contributed by atoms with E-state index in [9.17, 15) is 8.42 Å². The summed E-state index contributed by atoms with van der Waals surface area (Å²) in [4.78, 5) is -0.180. The second kappa shape index (κ2) is 4.43. The van der Waals surface area contributed by atoms with E-state index in [0.717, 1.165) is 6.07 Å². The monoisotopic (exact) mass is 212 g/mol. The van der Waals surface area contributed by atoms with Crippen molar-refractivity contribution in [3.05, 3.63) is 23.8 Å². The van der Waals surface area contributed by atoms with Crippen LogP contribution in [-0.4, -0.2) is 47.6 Å². The van der Waals surface area contributed by atoms with E-state index >= 15 is 0 Å². The molecular weight excluding hydrogens is 203 g/mol. The molecule has 68 valence electrons. The number of phenols is 1. The zero-order valence-electron chi connectivity index (χ0n) is 6.35. The van der Waals surface area contributed by atoms with Crippen LogP contribution in [0.15, 0.2) is 23.1 Å². The molecule has 0 aliphatic carbocycles. The number of aryl methyl sites for hydroxylation is 1. The van der Waals surface area contributed by atoms with Gasteiger partial charge < -0.3 is 5.11 Å². The molecular formula is C7H9NaO4S. The molecule has 0 unspecified atom stereocenters. The van der Waals surface area contributed by atoms with Crippen LogP contribution in [0.1, 0.15) is 5.56 Å². The van der Waals surface area contributed by atoms with Gasteiger partial charge in [0.1, 0.15) is 5.75 Å². The molecule has 0 aliphatic heterocycles. The predicted octanol–water partition coefficient (Wildman–Crippen LogP) is 0.299. The van der Waals surface area contributed by atoms with Gasteiger partial charge >= 0.3 is 29.6 Å². The molecule has 0 saturated heterocycles. The Hall–Kier alpha value is -0.0700. The number of aromatic hydroxyl groups is 1. The molecule has 0 amide bonds. The van der Waals surface area contributed by atoms with Crippen molar-refractivity contribution in [2.45, 2.75) is 11.8 Å². The average molecular weight is 212 g/mol. The summed E-state index contributed by atoms with van der Waals surface area (Å²) in [6.45, 7) is 1.49. The summed E-state index contributed by atoms with van der Waals surface area (Å²) >= 11 is 0. The summed E-state index contributed by atoms with van der Waals surface area (Å²) in [7, 11) is -4.16. The van der Waals surface area contributed by atoms with Gasteiger partial charge in [0.2, 0.25) is 0 Å². The summed E-state index contributed by atoms with van der Waals surface area (Å²) in [6.07, 6.45) is 0. The van der Waals surface area contributed by atoms with Gasteiger partial charge in [-0.1, -0.05) is 0 Å². The topological polar surface area (TPSA) is 74.6 Å². The second-order valence-corrected chi connectivity index (χ2v) is 3.81. The molecule has 0 saturated carbocycles. The van der Waals surface area contributed by atoms with Gasteiger partial charge in [0.05, 0.1) is 4.90 Å². The minimum atomic E-state index is -4.16. The van der Waals surface area contributed by atoms with Gasteiger partial charge in [-0.15, -0.1) is 0 Å². The first-order valence-corrected chi connectivity index (χ1v) is 4.62. The zero-order chi connectivity index (χ0) is 9.35. The van der Waals surface area contributed by atoms with Gasteiger partial charge in [-0.05, 0) is 30.7 Å². The molecule has 0 atom stereocenters. The molecule has 0 aromatic heterocycles. The van der Waals surface area contributed by atoms with E-state index in [4.69, 9.17) is 9.66 Å². The molecule has 0 bridgehead atoms. The van der Waals surface area contributed by atoms with Crippen LogP contribution >= 0.6 is 0 Å². The second-order valence-electron chi connectivity index (χ2n) is 2.42. The van der Waals surface area contributed by atoms with Gasteiger partial charge in [0.25, 0.3) is 10.1 Å². The number of benzene rings is 1. The fourth-order valence-electron chi connectivity index (χ4n) is 0.923. The van der Waals surface area contributed by atoms with Crippen LogP contribution in [0.3, 0.4) is 0 Å². The summed E-state index contributed by atoms with van der Waals surface area (Å²) in [5, 5.41) is 8.93. The molecule has 0 aliphatic rings. The average Bonchev–Trinajstić information content (AvgIpc) is 1.83. The van der Waals surface area contributed by atoms with E-state index in [1.54, 1.807) is 0 Å². The standard InChI is InChI=1S/C7H8O4S.Na.H/c1-5-4-6(8)2-3-7(5)12(9,10)11;;/h2-4,8H,1H3,(H,9,10,11);;. The molecule has 6 heteroatoms. The van der Waals surface area contributed by atoms with E-state index in [1.165, 1.54) is 19.1 Å². The minimum absolute atomic E-state index is 0. The molecule has 1 aromatic rings. The normalized spacial score (nSPS) is 10.6. The molecule has 1 aromatic carbocycles. The quantitative estimate of drug-likeness (QED) is 0.518. The third kappa shape index (κ3) is 3.28. The van der Waals surface area contributed by atoms with Crippen molar-refractivity contribution < 1.29 is 18.1 Å². The van der Waals surface area contributed by atoms with Crippen LogP contribution in [0.25, 0.3) is 0 Å². The predicted molar refractivity (Wildman–Crippen MR) is 49.8 cm³/mol. The number of phenolic OH excluding ortho intramolecular Hbond substituents is 1. The SMILES string of the molecule is Cc1cc(O)ccc1S(=O)(=O)O.[NaH]. The molecule has 1 rings (SSSR count). The van der Waals surface area contributed by atoms with Crippen LogP contribution in [0.5, 0.6) is 5.75 Å². The van der Waals surface area contributed by atoms with Crippen molar-refractivity contribution >= 4 is 39.7 Å². The number of hydrogen-bond acceptors (Lipinski definition) is 3. The van der Waals surface area contributed by atoms with Crippen LogP contribution < -0.4 is 0 Å². The zero-order valence-corrected chi connectivity index (χ0v) is 7.17. The van der Waals surface area contributed by atoms with Crippen LogP contribution in [0.4, 0.5) is 0 Å². The molecule has 2 N–H and O–H groups in total. The van der Waals surface area contributed by atoms with Crippen molar-refractivity contribution in [3.63, 3.8) is 0 Å². The Morgan fingerprint density at radius 1 is 1.31 bits per heavy atom. The van der Waals surface area contributed by atoms with Crippen LogP contribution in [-0.2, 0) is 10.1 Å². The van der Waals surface area contributed by atoms with E-state index in [0.29, 0.717) is 5.56 Å². The molecule has 0 heterocycles. The molecule has 0 spiro atoms. The maximum absolute atomic E-state index is 10.6. The summed E-state index contributed by atoms with van der Waals surface area (Å²) in [6, 6.07) is 3.62. The molecule has 4 nitrogen and oxygen atoms in total. The Kier molecular flexibility index (Phi) is 4.41. The number of rotatable bonds is 1. The van der Waals surface area contributed by atoms with Gasteiger partial charge in [-0.2, -0.15) is 8.42 Å². The van der Waals surface area contributed by atoms with Gasteiger partial charge in [-0.25, -0.2) is 0 Å². The van der Waals surface area contributed by atoms with E-state index < -0.39 is 10.1 Å².